The summed E-state index contributed by atoms with van der Waals surface area (Å²) in [6.45, 7) is 0. The molecule has 4 heteroatoms. The van der Waals surface area contributed by atoms with E-state index in [1.54, 1.807) is 0 Å². The van der Waals surface area contributed by atoms with Gasteiger partial charge in [-0.3, -0.25) is 0 Å². The van der Waals surface area contributed by atoms with Crippen molar-refractivity contribution in [3.8, 4) is 22.6 Å². The Morgan fingerprint density at radius 1 is 0.525 bits per heavy atom. The average molecular weight is 530 g/mol. The van der Waals surface area contributed by atoms with Crippen molar-refractivity contribution in [3.05, 3.63) is 140 Å². The van der Waals surface area contributed by atoms with Crippen LogP contribution in [0.3, 0.4) is 0 Å². The first kappa shape index (κ1) is 23.0. The van der Waals surface area contributed by atoms with E-state index in [4.69, 9.17) is 9.97 Å². The van der Waals surface area contributed by atoms with Crippen LogP contribution in [0.2, 0.25) is 0 Å². The molecule has 7 aromatic rings. The van der Waals surface area contributed by atoms with Gasteiger partial charge in [0.05, 0.1) is 22.6 Å². The number of aromatic nitrogens is 2. The molecule has 1 aliphatic rings. The van der Waals surface area contributed by atoms with Crippen LogP contribution < -0.4 is 4.90 Å². The summed E-state index contributed by atoms with van der Waals surface area (Å²) in [6.07, 6.45) is 0. The van der Waals surface area contributed by atoms with Crippen LogP contribution in [0.5, 0.6) is 0 Å². The van der Waals surface area contributed by atoms with Crippen molar-refractivity contribution in [2.45, 2.75) is 9.79 Å². The van der Waals surface area contributed by atoms with E-state index in [1.165, 1.54) is 31.9 Å². The Morgan fingerprint density at radius 2 is 1.20 bits per heavy atom. The van der Waals surface area contributed by atoms with Crippen molar-refractivity contribution in [2.24, 2.45) is 0 Å². The largest absolute Gasteiger partial charge is 0.308 e. The highest BCUT2D eigenvalue weighted by Gasteiger charge is 2.25. The van der Waals surface area contributed by atoms with E-state index in [-0.39, 0.29) is 0 Å². The molecule has 8 rings (SSSR count). The molecule has 2 heterocycles. The molecule has 0 N–H and O–H groups in total. The van der Waals surface area contributed by atoms with E-state index < -0.39 is 0 Å². The molecule has 188 valence electrons. The number of hydrogen-bond donors (Lipinski definition) is 0. The van der Waals surface area contributed by atoms with Crippen molar-refractivity contribution < 1.29 is 0 Å². The zero-order chi connectivity index (χ0) is 26.5. The Morgan fingerprint density at radius 3 is 2.00 bits per heavy atom. The Kier molecular flexibility index (Phi) is 5.39. The van der Waals surface area contributed by atoms with Gasteiger partial charge >= 0.3 is 0 Å². The number of benzene rings is 6. The molecule has 0 saturated carbocycles. The van der Waals surface area contributed by atoms with Gasteiger partial charge in [0, 0.05) is 32.0 Å². The van der Waals surface area contributed by atoms with Crippen LogP contribution in [0.1, 0.15) is 0 Å². The van der Waals surface area contributed by atoms with E-state index >= 15 is 0 Å². The molecule has 0 spiro atoms. The summed E-state index contributed by atoms with van der Waals surface area (Å²) in [5.41, 5.74) is 7.41. The summed E-state index contributed by atoms with van der Waals surface area (Å²) >= 11 is 1.82. The van der Waals surface area contributed by atoms with Gasteiger partial charge in [-0.25, -0.2) is 9.97 Å². The molecule has 1 aliphatic heterocycles. The summed E-state index contributed by atoms with van der Waals surface area (Å²) in [5.74, 6) is 0.725. The molecule has 0 aliphatic carbocycles. The second kappa shape index (κ2) is 9.37. The van der Waals surface area contributed by atoms with Crippen molar-refractivity contribution in [1.82, 2.24) is 9.97 Å². The standard InChI is InChI=1S/C36H23N3S/c1-2-12-25(13-3-1)36-37-30-23-26(39-31-17-6-8-19-33(31)40-34-20-9-7-18-32(34)39)21-22-29(30)35(38-36)28-16-10-14-24-11-4-5-15-27(24)28/h1-23H. The minimum atomic E-state index is 0.725. The summed E-state index contributed by atoms with van der Waals surface area (Å²) in [7, 11) is 0. The minimum absolute atomic E-state index is 0.725. The number of fused-ring (bicyclic) bond motifs is 4. The minimum Gasteiger partial charge on any atom is -0.308 e. The van der Waals surface area contributed by atoms with Gasteiger partial charge < -0.3 is 4.90 Å². The molecule has 3 nitrogen and oxygen atoms in total. The first-order valence-corrected chi connectivity index (χ1v) is 14.2. The molecule has 1 aromatic heterocycles. The first-order chi connectivity index (χ1) is 19.8. The fraction of sp³-hybridized carbons (Fsp3) is 0. The maximum atomic E-state index is 5.18. The highest BCUT2D eigenvalue weighted by atomic mass is 32.2. The topological polar surface area (TPSA) is 29.0 Å². The number of hydrogen-bond acceptors (Lipinski definition) is 4. The second-order valence-electron chi connectivity index (χ2n) is 9.86. The van der Waals surface area contributed by atoms with Gasteiger partial charge in [-0.1, -0.05) is 109 Å². The Bertz CT molecular complexity index is 2000. The van der Waals surface area contributed by atoms with Crippen LogP contribution in [0.4, 0.5) is 17.1 Å². The van der Waals surface area contributed by atoms with Crippen molar-refractivity contribution in [2.75, 3.05) is 4.90 Å². The maximum absolute atomic E-state index is 5.18. The predicted molar refractivity (Wildman–Crippen MR) is 167 cm³/mol. The Balaban J connectivity index is 1.40. The summed E-state index contributed by atoms with van der Waals surface area (Å²) < 4.78 is 0. The van der Waals surface area contributed by atoms with Crippen molar-refractivity contribution in [3.63, 3.8) is 0 Å². The molecular formula is C36H23N3S. The molecule has 0 saturated heterocycles. The van der Waals surface area contributed by atoms with E-state index in [0.717, 1.165) is 39.2 Å². The van der Waals surface area contributed by atoms with Crippen LogP contribution in [0, 0.1) is 0 Å². The van der Waals surface area contributed by atoms with Crippen LogP contribution in [0.25, 0.3) is 44.3 Å². The third kappa shape index (κ3) is 3.76. The highest BCUT2D eigenvalue weighted by Crippen LogP contribution is 2.51. The van der Waals surface area contributed by atoms with Crippen LogP contribution in [-0.4, -0.2) is 9.97 Å². The number of para-hydroxylation sites is 2. The number of nitrogens with zero attached hydrogens (tertiary/aromatic N) is 3. The maximum Gasteiger partial charge on any atom is 0.160 e. The first-order valence-electron chi connectivity index (χ1n) is 13.3. The third-order valence-corrected chi connectivity index (χ3v) is 8.58. The molecule has 0 bridgehead atoms. The van der Waals surface area contributed by atoms with Crippen LogP contribution in [0.15, 0.2) is 149 Å². The Hall–Kier alpha value is -4.93. The number of anilines is 3. The monoisotopic (exact) mass is 529 g/mol. The molecule has 0 atom stereocenters. The van der Waals surface area contributed by atoms with Crippen LogP contribution >= 0.6 is 11.8 Å². The molecular weight excluding hydrogens is 506 g/mol. The fourth-order valence-electron chi connectivity index (χ4n) is 5.59. The molecule has 0 radical (unpaired) electrons. The summed E-state index contributed by atoms with van der Waals surface area (Å²) in [6, 6.07) is 49.0. The van der Waals surface area contributed by atoms with Crippen LogP contribution in [-0.2, 0) is 0 Å². The van der Waals surface area contributed by atoms with Crippen molar-refractivity contribution >= 4 is 50.5 Å². The van der Waals surface area contributed by atoms with Gasteiger partial charge in [-0.05, 0) is 53.2 Å². The normalized spacial score (nSPS) is 12.3. The molecule has 0 unspecified atom stereocenters. The van der Waals surface area contributed by atoms with Gasteiger partial charge in [-0.2, -0.15) is 0 Å². The van der Waals surface area contributed by atoms with Crippen molar-refractivity contribution in [1.29, 1.82) is 0 Å². The quantitative estimate of drug-likeness (QED) is 0.228. The third-order valence-electron chi connectivity index (χ3n) is 7.45. The molecule has 40 heavy (non-hydrogen) atoms. The Labute approximate surface area is 236 Å². The van der Waals surface area contributed by atoms with E-state index in [1.807, 2.05) is 30.0 Å². The second-order valence-corrected chi connectivity index (χ2v) is 10.9. The lowest BCUT2D eigenvalue weighted by Crippen LogP contribution is -2.14. The summed E-state index contributed by atoms with van der Waals surface area (Å²) in [5, 5.41) is 3.42. The van der Waals surface area contributed by atoms with Gasteiger partial charge in [0.2, 0.25) is 0 Å². The molecule has 0 amide bonds. The number of rotatable bonds is 3. The average Bonchev–Trinajstić information content (AvgIpc) is 3.03. The van der Waals surface area contributed by atoms with Gasteiger partial charge in [-0.15, -0.1) is 0 Å². The van der Waals surface area contributed by atoms with E-state index in [0.29, 0.717) is 0 Å². The lowest BCUT2D eigenvalue weighted by molar-refractivity contribution is 1.16. The lowest BCUT2D eigenvalue weighted by atomic mass is 9.98. The predicted octanol–water partition coefficient (Wildman–Crippen LogP) is 10.1. The molecule has 0 fully saturated rings. The SMILES string of the molecule is c1ccc(-c2nc(-c3cccc4ccccc34)c3ccc(N4c5ccccc5Sc5ccccc54)cc3n2)cc1. The van der Waals surface area contributed by atoms with Gasteiger partial charge in [0.25, 0.3) is 0 Å². The van der Waals surface area contributed by atoms with Gasteiger partial charge in [0.1, 0.15) is 0 Å². The summed E-state index contributed by atoms with van der Waals surface area (Å²) in [4.78, 5) is 15.1. The van der Waals surface area contributed by atoms with E-state index in [2.05, 4.69) is 126 Å². The highest BCUT2D eigenvalue weighted by molar-refractivity contribution is 7.99. The smallest absolute Gasteiger partial charge is 0.160 e. The zero-order valence-electron chi connectivity index (χ0n) is 21.5. The molecule has 6 aromatic carbocycles. The van der Waals surface area contributed by atoms with E-state index in [9.17, 15) is 0 Å². The zero-order valence-corrected chi connectivity index (χ0v) is 22.3. The van der Waals surface area contributed by atoms with Gasteiger partial charge in [0.15, 0.2) is 5.82 Å². The lowest BCUT2D eigenvalue weighted by Gasteiger charge is -2.33. The fourth-order valence-corrected chi connectivity index (χ4v) is 6.65.